The van der Waals surface area contributed by atoms with Crippen LogP contribution in [0.2, 0.25) is 0 Å². The van der Waals surface area contributed by atoms with Crippen LogP contribution in [-0.4, -0.2) is 7.11 Å². The van der Waals surface area contributed by atoms with Crippen LogP contribution < -0.4 is 5.48 Å². The Hall–Kier alpha value is -0.860. The fourth-order valence-corrected chi connectivity index (χ4v) is 1.51. The summed E-state index contributed by atoms with van der Waals surface area (Å²) < 4.78 is 0. The molecular weight excluding hydrogens is 174 g/mol. The van der Waals surface area contributed by atoms with E-state index in [1.54, 1.807) is 7.11 Å². The first kappa shape index (κ1) is 11.2. The summed E-state index contributed by atoms with van der Waals surface area (Å²) in [6, 6.07) is 8.98. The van der Waals surface area contributed by atoms with Gasteiger partial charge in [-0.2, -0.15) is 5.48 Å². The van der Waals surface area contributed by atoms with E-state index >= 15 is 0 Å². The molecule has 0 saturated carbocycles. The van der Waals surface area contributed by atoms with Crippen LogP contribution in [0.4, 0.5) is 0 Å². The van der Waals surface area contributed by atoms with E-state index in [0.29, 0.717) is 6.04 Å². The maximum Gasteiger partial charge on any atom is 0.0572 e. The van der Waals surface area contributed by atoms with Crippen molar-refractivity contribution >= 4 is 0 Å². The summed E-state index contributed by atoms with van der Waals surface area (Å²) in [7, 11) is 1.66. The topological polar surface area (TPSA) is 21.3 Å². The Morgan fingerprint density at radius 2 is 1.86 bits per heavy atom. The van der Waals surface area contributed by atoms with Crippen LogP contribution in [0.25, 0.3) is 0 Å². The van der Waals surface area contributed by atoms with E-state index in [0.717, 1.165) is 12.8 Å². The van der Waals surface area contributed by atoms with Gasteiger partial charge < -0.3 is 4.84 Å². The SMILES string of the molecule is CCc1ccc(C(CC)NOC)cc1. The van der Waals surface area contributed by atoms with Gasteiger partial charge in [-0.25, -0.2) is 0 Å². The summed E-state index contributed by atoms with van der Waals surface area (Å²) >= 11 is 0. The van der Waals surface area contributed by atoms with Gasteiger partial charge in [0.2, 0.25) is 0 Å². The summed E-state index contributed by atoms with van der Waals surface area (Å²) in [6.07, 6.45) is 2.12. The molecule has 2 nitrogen and oxygen atoms in total. The van der Waals surface area contributed by atoms with E-state index in [2.05, 4.69) is 43.6 Å². The number of nitrogens with one attached hydrogen (secondary N) is 1. The lowest BCUT2D eigenvalue weighted by molar-refractivity contribution is 0.0593. The molecule has 14 heavy (non-hydrogen) atoms. The van der Waals surface area contributed by atoms with Crippen LogP contribution >= 0.6 is 0 Å². The van der Waals surface area contributed by atoms with Gasteiger partial charge in [-0.3, -0.25) is 0 Å². The van der Waals surface area contributed by atoms with Crippen LogP contribution in [0.3, 0.4) is 0 Å². The van der Waals surface area contributed by atoms with E-state index in [1.807, 2.05) is 0 Å². The highest BCUT2D eigenvalue weighted by atomic mass is 16.6. The number of aryl methyl sites for hydroxylation is 1. The van der Waals surface area contributed by atoms with Gasteiger partial charge in [0.15, 0.2) is 0 Å². The quantitative estimate of drug-likeness (QED) is 0.726. The standard InChI is InChI=1S/C12H19NO/c1-4-10-6-8-11(9-7-10)12(5-2)13-14-3/h6-9,12-13H,4-5H2,1-3H3. The van der Waals surface area contributed by atoms with Gasteiger partial charge in [0.05, 0.1) is 13.2 Å². The van der Waals surface area contributed by atoms with Crippen LogP contribution in [0, 0.1) is 0 Å². The molecule has 1 aromatic rings. The Balaban J connectivity index is 2.73. The van der Waals surface area contributed by atoms with E-state index in [4.69, 9.17) is 4.84 Å². The molecule has 0 aliphatic carbocycles. The minimum atomic E-state index is 0.297. The van der Waals surface area contributed by atoms with Gasteiger partial charge in [-0.15, -0.1) is 0 Å². The first-order valence-corrected chi connectivity index (χ1v) is 5.19. The number of benzene rings is 1. The van der Waals surface area contributed by atoms with Gasteiger partial charge in [-0.1, -0.05) is 38.1 Å². The molecule has 2 heteroatoms. The van der Waals surface area contributed by atoms with Crippen molar-refractivity contribution < 1.29 is 4.84 Å². The molecule has 0 aliphatic rings. The summed E-state index contributed by atoms with van der Waals surface area (Å²) in [6.45, 7) is 4.31. The average molecular weight is 193 g/mol. The first-order chi connectivity index (χ1) is 6.81. The first-order valence-electron chi connectivity index (χ1n) is 5.19. The highest BCUT2D eigenvalue weighted by Crippen LogP contribution is 2.17. The maximum absolute atomic E-state index is 4.96. The lowest BCUT2D eigenvalue weighted by Crippen LogP contribution is -2.19. The zero-order chi connectivity index (χ0) is 10.4. The highest BCUT2D eigenvalue weighted by Gasteiger charge is 2.07. The minimum absolute atomic E-state index is 0.297. The van der Waals surface area contributed by atoms with Crippen molar-refractivity contribution in [2.75, 3.05) is 7.11 Å². The number of hydroxylamine groups is 1. The normalized spacial score (nSPS) is 12.8. The zero-order valence-electron chi connectivity index (χ0n) is 9.21. The van der Waals surface area contributed by atoms with Crippen LogP contribution in [-0.2, 0) is 11.3 Å². The van der Waals surface area contributed by atoms with Crippen molar-refractivity contribution in [3.63, 3.8) is 0 Å². The molecule has 0 radical (unpaired) electrons. The second-order valence-electron chi connectivity index (χ2n) is 3.38. The van der Waals surface area contributed by atoms with Crippen LogP contribution in [0.15, 0.2) is 24.3 Å². The van der Waals surface area contributed by atoms with Crippen molar-refractivity contribution in [1.29, 1.82) is 0 Å². The molecule has 1 rings (SSSR count). The molecule has 0 aliphatic heterocycles. The van der Waals surface area contributed by atoms with Gasteiger partial charge in [0, 0.05) is 0 Å². The minimum Gasteiger partial charge on any atom is -0.305 e. The molecule has 0 spiro atoms. The van der Waals surface area contributed by atoms with Crippen molar-refractivity contribution in [3.05, 3.63) is 35.4 Å². The molecule has 1 atom stereocenters. The number of rotatable bonds is 5. The molecule has 0 saturated heterocycles. The second kappa shape index (κ2) is 5.78. The maximum atomic E-state index is 4.96. The largest absolute Gasteiger partial charge is 0.305 e. The molecule has 1 unspecified atom stereocenters. The zero-order valence-corrected chi connectivity index (χ0v) is 9.21. The third-order valence-electron chi connectivity index (χ3n) is 2.46. The van der Waals surface area contributed by atoms with Crippen LogP contribution in [0.5, 0.6) is 0 Å². The molecule has 0 amide bonds. The Morgan fingerprint density at radius 1 is 1.21 bits per heavy atom. The molecular formula is C12H19NO. The van der Waals surface area contributed by atoms with Gasteiger partial charge in [0.1, 0.15) is 0 Å². The Kier molecular flexibility index (Phi) is 4.63. The summed E-state index contributed by atoms with van der Waals surface area (Å²) in [5.74, 6) is 0. The molecule has 0 fully saturated rings. The molecule has 0 bridgehead atoms. The van der Waals surface area contributed by atoms with Crippen molar-refractivity contribution in [1.82, 2.24) is 5.48 Å². The van der Waals surface area contributed by atoms with Crippen molar-refractivity contribution in [2.45, 2.75) is 32.7 Å². The lowest BCUT2D eigenvalue weighted by Gasteiger charge is -2.15. The predicted octanol–water partition coefficient (Wildman–Crippen LogP) is 2.85. The molecule has 0 aromatic heterocycles. The second-order valence-corrected chi connectivity index (χ2v) is 3.38. The molecule has 78 valence electrons. The molecule has 0 heterocycles. The fraction of sp³-hybridized carbons (Fsp3) is 0.500. The van der Waals surface area contributed by atoms with E-state index in [-0.39, 0.29) is 0 Å². The number of hydrogen-bond acceptors (Lipinski definition) is 2. The monoisotopic (exact) mass is 193 g/mol. The van der Waals surface area contributed by atoms with E-state index < -0.39 is 0 Å². The van der Waals surface area contributed by atoms with Crippen molar-refractivity contribution in [2.24, 2.45) is 0 Å². The smallest absolute Gasteiger partial charge is 0.0572 e. The van der Waals surface area contributed by atoms with E-state index in [9.17, 15) is 0 Å². The average Bonchev–Trinajstić information content (AvgIpc) is 2.26. The van der Waals surface area contributed by atoms with Crippen LogP contribution in [0.1, 0.15) is 37.4 Å². The summed E-state index contributed by atoms with van der Waals surface area (Å²) in [5.41, 5.74) is 5.65. The van der Waals surface area contributed by atoms with E-state index in [1.165, 1.54) is 11.1 Å². The lowest BCUT2D eigenvalue weighted by atomic mass is 10.0. The Morgan fingerprint density at radius 3 is 2.29 bits per heavy atom. The third-order valence-corrected chi connectivity index (χ3v) is 2.46. The fourth-order valence-electron chi connectivity index (χ4n) is 1.51. The van der Waals surface area contributed by atoms with Gasteiger partial charge in [-0.05, 0) is 24.0 Å². The number of hydrogen-bond donors (Lipinski definition) is 1. The molecule has 1 N–H and O–H groups in total. The Bertz CT molecular complexity index is 256. The Labute approximate surface area is 86.2 Å². The summed E-state index contributed by atoms with van der Waals surface area (Å²) in [5, 5.41) is 0. The van der Waals surface area contributed by atoms with Gasteiger partial charge >= 0.3 is 0 Å². The van der Waals surface area contributed by atoms with Gasteiger partial charge in [0.25, 0.3) is 0 Å². The summed E-state index contributed by atoms with van der Waals surface area (Å²) in [4.78, 5) is 4.96. The van der Waals surface area contributed by atoms with Crippen molar-refractivity contribution in [3.8, 4) is 0 Å². The highest BCUT2D eigenvalue weighted by molar-refractivity contribution is 5.24. The third kappa shape index (κ3) is 2.82. The predicted molar refractivity (Wildman–Crippen MR) is 59.0 cm³/mol. The molecule has 1 aromatic carbocycles.